The first kappa shape index (κ1) is 21.3. The van der Waals surface area contributed by atoms with Crippen molar-refractivity contribution in [3.8, 4) is 5.75 Å². The number of hydrogen-bond acceptors (Lipinski definition) is 4. The fourth-order valence-corrected chi connectivity index (χ4v) is 3.78. The Hall–Kier alpha value is -3.93. The van der Waals surface area contributed by atoms with Crippen molar-refractivity contribution in [1.82, 2.24) is 0 Å². The molecule has 1 N–H and O–H groups in total. The molecule has 3 aromatic rings. The zero-order valence-electron chi connectivity index (χ0n) is 18.1. The van der Waals surface area contributed by atoms with Crippen molar-refractivity contribution in [3.05, 3.63) is 94.9 Å². The number of nitrogens with zero attached hydrogens (tertiary/aromatic N) is 1. The van der Waals surface area contributed by atoms with Crippen molar-refractivity contribution in [2.75, 3.05) is 16.8 Å². The molecule has 0 saturated carbocycles. The second-order valence-electron chi connectivity index (χ2n) is 7.58. The lowest BCUT2D eigenvalue weighted by Crippen LogP contribution is -2.32. The predicted molar refractivity (Wildman–Crippen MR) is 123 cm³/mol. The van der Waals surface area contributed by atoms with E-state index in [-0.39, 0.29) is 17.0 Å². The van der Waals surface area contributed by atoms with Crippen LogP contribution in [0.25, 0.3) is 5.57 Å². The van der Waals surface area contributed by atoms with Gasteiger partial charge in [0.25, 0.3) is 11.8 Å². The Kier molecular flexibility index (Phi) is 5.77. The first-order chi connectivity index (χ1) is 15.4. The number of nitrogens with one attached hydrogen (secondary N) is 1. The Morgan fingerprint density at radius 3 is 2.34 bits per heavy atom. The summed E-state index contributed by atoms with van der Waals surface area (Å²) < 4.78 is 19.3. The molecule has 0 bridgehead atoms. The molecule has 0 spiro atoms. The van der Waals surface area contributed by atoms with Crippen LogP contribution in [0.15, 0.2) is 72.4 Å². The van der Waals surface area contributed by atoms with Gasteiger partial charge in [0.15, 0.2) is 0 Å². The average molecular weight is 430 g/mol. The van der Waals surface area contributed by atoms with Gasteiger partial charge in [0.1, 0.15) is 17.3 Å². The standard InChI is InChI=1S/C26H23FN2O3/c1-4-32-21-11-9-19(10-12-21)28-24-23(22-13-8-16(2)14-17(22)3)25(30)29(26(24)31)20-7-5-6-18(27)15-20/h5-15,28H,4H2,1-3H3. The first-order valence-corrected chi connectivity index (χ1v) is 10.3. The van der Waals surface area contributed by atoms with Gasteiger partial charge in [-0.15, -0.1) is 0 Å². The number of carbonyl (C=O) groups excluding carboxylic acids is 2. The summed E-state index contributed by atoms with van der Waals surface area (Å²) in [7, 11) is 0. The van der Waals surface area contributed by atoms with E-state index >= 15 is 0 Å². The third-order valence-electron chi connectivity index (χ3n) is 5.24. The van der Waals surface area contributed by atoms with Crippen molar-refractivity contribution < 1.29 is 18.7 Å². The van der Waals surface area contributed by atoms with Crippen LogP contribution >= 0.6 is 0 Å². The van der Waals surface area contributed by atoms with Crippen LogP contribution in [0.1, 0.15) is 23.6 Å². The lowest BCUT2D eigenvalue weighted by Gasteiger charge is -2.15. The van der Waals surface area contributed by atoms with Gasteiger partial charge in [0, 0.05) is 5.69 Å². The molecule has 0 fully saturated rings. The molecule has 6 heteroatoms. The Morgan fingerprint density at radius 2 is 1.69 bits per heavy atom. The van der Waals surface area contributed by atoms with E-state index in [4.69, 9.17) is 4.74 Å². The smallest absolute Gasteiger partial charge is 0.282 e. The Bertz CT molecular complexity index is 1230. The summed E-state index contributed by atoms with van der Waals surface area (Å²) in [5.41, 5.74) is 3.79. The van der Waals surface area contributed by atoms with Crippen molar-refractivity contribution in [3.63, 3.8) is 0 Å². The van der Waals surface area contributed by atoms with Crippen LogP contribution in [-0.4, -0.2) is 18.4 Å². The molecule has 0 radical (unpaired) electrons. The number of aryl methyl sites for hydroxylation is 2. The largest absolute Gasteiger partial charge is 0.494 e. The number of amides is 2. The quantitative estimate of drug-likeness (QED) is 0.544. The Morgan fingerprint density at radius 1 is 0.938 bits per heavy atom. The molecule has 3 aromatic carbocycles. The van der Waals surface area contributed by atoms with Gasteiger partial charge in [0.05, 0.1) is 17.9 Å². The van der Waals surface area contributed by atoms with E-state index in [1.54, 1.807) is 24.3 Å². The van der Waals surface area contributed by atoms with Gasteiger partial charge >= 0.3 is 0 Å². The van der Waals surface area contributed by atoms with Crippen molar-refractivity contribution >= 4 is 28.8 Å². The molecule has 0 atom stereocenters. The van der Waals surface area contributed by atoms with Crippen LogP contribution < -0.4 is 15.0 Å². The van der Waals surface area contributed by atoms with Crippen molar-refractivity contribution in [2.45, 2.75) is 20.8 Å². The van der Waals surface area contributed by atoms with E-state index in [2.05, 4.69) is 5.32 Å². The normalized spacial score (nSPS) is 13.7. The summed E-state index contributed by atoms with van der Waals surface area (Å²) in [6.07, 6.45) is 0. The zero-order chi connectivity index (χ0) is 22.8. The second kappa shape index (κ2) is 8.67. The lowest BCUT2D eigenvalue weighted by atomic mass is 9.97. The minimum Gasteiger partial charge on any atom is -0.494 e. The van der Waals surface area contributed by atoms with Crippen molar-refractivity contribution in [1.29, 1.82) is 0 Å². The van der Waals surface area contributed by atoms with E-state index in [1.807, 2.05) is 39.0 Å². The van der Waals surface area contributed by atoms with Crippen LogP contribution in [0.4, 0.5) is 15.8 Å². The van der Waals surface area contributed by atoms with Crippen LogP contribution in [0.5, 0.6) is 5.75 Å². The molecule has 1 heterocycles. The number of rotatable bonds is 6. The second-order valence-corrected chi connectivity index (χ2v) is 7.58. The van der Waals surface area contributed by atoms with Crippen LogP contribution in [0.2, 0.25) is 0 Å². The third kappa shape index (κ3) is 3.99. The van der Waals surface area contributed by atoms with Gasteiger partial charge in [-0.25, -0.2) is 9.29 Å². The summed E-state index contributed by atoms with van der Waals surface area (Å²) in [6.45, 7) is 6.30. The summed E-state index contributed by atoms with van der Waals surface area (Å²) in [6, 6.07) is 18.3. The minimum absolute atomic E-state index is 0.148. The number of anilines is 2. The molecule has 32 heavy (non-hydrogen) atoms. The van der Waals surface area contributed by atoms with E-state index in [0.29, 0.717) is 23.6 Å². The van der Waals surface area contributed by atoms with Gasteiger partial charge in [-0.3, -0.25) is 9.59 Å². The average Bonchev–Trinajstić information content (AvgIpc) is 2.99. The molecular weight excluding hydrogens is 407 g/mol. The molecule has 2 amide bonds. The number of benzene rings is 3. The fraction of sp³-hybridized carbons (Fsp3) is 0.154. The van der Waals surface area contributed by atoms with Gasteiger partial charge in [-0.05, 0) is 74.4 Å². The minimum atomic E-state index is -0.538. The van der Waals surface area contributed by atoms with Crippen LogP contribution in [0, 0.1) is 19.7 Å². The molecule has 0 unspecified atom stereocenters. The molecule has 0 saturated heterocycles. The molecule has 1 aliphatic heterocycles. The van der Waals surface area contributed by atoms with Crippen molar-refractivity contribution in [2.24, 2.45) is 0 Å². The number of halogens is 1. The maximum atomic E-state index is 13.9. The maximum absolute atomic E-state index is 13.9. The molecule has 0 aromatic heterocycles. The number of carbonyl (C=O) groups is 2. The zero-order valence-corrected chi connectivity index (χ0v) is 18.1. The third-order valence-corrected chi connectivity index (χ3v) is 5.24. The highest BCUT2D eigenvalue weighted by Gasteiger charge is 2.40. The number of hydrogen-bond donors (Lipinski definition) is 1. The summed E-state index contributed by atoms with van der Waals surface area (Å²) in [5.74, 6) is -0.855. The number of ether oxygens (including phenoxy) is 1. The van der Waals surface area contributed by atoms with Gasteiger partial charge in [-0.2, -0.15) is 0 Å². The molecule has 1 aliphatic rings. The summed E-state index contributed by atoms with van der Waals surface area (Å²) in [4.78, 5) is 27.9. The number of imide groups is 1. The van der Waals surface area contributed by atoms with E-state index in [0.717, 1.165) is 16.0 Å². The first-order valence-electron chi connectivity index (χ1n) is 10.3. The molecule has 0 aliphatic carbocycles. The van der Waals surface area contributed by atoms with Gasteiger partial charge in [0.2, 0.25) is 0 Å². The highest BCUT2D eigenvalue weighted by molar-refractivity contribution is 6.46. The summed E-state index contributed by atoms with van der Waals surface area (Å²) >= 11 is 0. The van der Waals surface area contributed by atoms with E-state index in [1.165, 1.54) is 24.3 Å². The molecule has 162 valence electrons. The summed E-state index contributed by atoms with van der Waals surface area (Å²) in [5, 5.41) is 3.11. The Balaban J connectivity index is 1.80. The SMILES string of the molecule is CCOc1ccc(NC2=C(c3ccc(C)cc3C)C(=O)N(c3cccc(F)c3)C2=O)cc1. The molecule has 5 nitrogen and oxygen atoms in total. The van der Waals surface area contributed by atoms with Gasteiger partial charge < -0.3 is 10.1 Å². The Labute approximate surface area is 186 Å². The van der Waals surface area contributed by atoms with Crippen LogP contribution in [-0.2, 0) is 9.59 Å². The predicted octanol–water partition coefficient (Wildman–Crippen LogP) is 5.24. The monoisotopic (exact) mass is 430 g/mol. The van der Waals surface area contributed by atoms with E-state index < -0.39 is 17.6 Å². The highest BCUT2D eigenvalue weighted by Crippen LogP contribution is 2.35. The van der Waals surface area contributed by atoms with E-state index in [9.17, 15) is 14.0 Å². The van der Waals surface area contributed by atoms with Gasteiger partial charge in [-0.1, -0.05) is 29.8 Å². The lowest BCUT2D eigenvalue weighted by molar-refractivity contribution is -0.120. The molecule has 4 rings (SSSR count). The fourth-order valence-electron chi connectivity index (χ4n) is 3.78. The molecular formula is C26H23FN2O3. The maximum Gasteiger partial charge on any atom is 0.282 e. The highest BCUT2D eigenvalue weighted by atomic mass is 19.1. The van der Waals surface area contributed by atoms with Crippen LogP contribution in [0.3, 0.4) is 0 Å². The topological polar surface area (TPSA) is 58.6 Å².